The SMILES string of the molecule is COc1cccc(CC(=O)N2CCC(n3c(C)cnc3-c3cccnc3)CC2)c1. The average molecular weight is 390 g/mol. The van der Waals surface area contributed by atoms with Gasteiger partial charge in [0.15, 0.2) is 0 Å². The van der Waals surface area contributed by atoms with Gasteiger partial charge in [-0.3, -0.25) is 9.78 Å². The summed E-state index contributed by atoms with van der Waals surface area (Å²) < 4.78 is 7.56. The highest BCUT2D eigenvalue weighted by molar-refractivity contribution is 5.79. The zero-order valence-corrected chi connectivity index (χ0v) is 16.9. The Labute approximate surface area is 171 Å². The summed E-state index contributed by atoms with van der Waals surface area (Å²) in [5.41, 5.74) is 3.16. The number of carbonyl (C=O) groups is 1. The molecule has 1 amide bonds. The van der Waals surface area contributed by atoms with Crippen molar-refractivity contribution in [1.29, 1.82) is 0 Å². The first-order chi connectivity index (χ1) is 14.2. The molecule has 1 saturated heterocycles. The second kappa shape index (κ2) is 8.47. The van der Waals surface area contributed by atoms with Gasteiger partial charge in [0.1, 0.15) is 11.6 Å². The van der Waals surface area contributed by atoms with E-state index in [-0.39, 0.29) is 5.91 Å². The number of amides is 1. The summed E-state index contributed by atoms with van der Waals surface area (Å²) in [6.45, 7) is 3.61. The Hall–Kier alpha value is -3.15. The third-order valence-electron chi connectivity index (χ3n) is 5.57. The van der Waals surface area contributed by atoms with E-state index in [0.717, 1.165) is 54.3 Å². The van der Waals surface area contributed by atoms with Crippen molar-refractivity contribution in [1.82, 2.24) is 19.4 Å². The molecule has 0 radical (unpaired) electrons. The number of carbonyl (C=O) groups excluding carboxylic acids is 1. The van der Waals surface area contributed by atoms with Crippen LogP contribution in [-0.4, -0.2) is 45.5 Å². The maximum absolute atomic E-state index is 12.8. The Balaban J connectivity index is 1.42. The van der Waals surface area contributed by atoms with Crippen molar-refractivity contribution >= 4 is 5.91 Å². The van der Waals surface area contributed by atoms with Crippen molar-refractivity contribution in [3.63, 3.8) is 0 Å². The van der Waals surface area contributed by atoms with Crippen molar-refractivity contribution in [3.05, 3.63) is 66.2 Å². The van der Waals surface area contributed by atoms with Crippen LogP contribution >= 0.6 is 0 Å². The van der Waals surface area contributed by atoms with Crippen LogP contribution in [0.3, 0.4) is 0 Å². The minimum absolute atomic E-state index is 0.173. The second-order valence-corrected chi connectivity index (χ2v) is 7.48. The zero-order chi connectivity index (χ0) is 20.2. The predicted molar refractivity (Wildman–Crippen MR) is 112 cm³/mol. The highest BCUT2D eigenvalue weighted by atomic mass is 16.5. The molecule has 0 spiro atoms. The number of rotatable bonds is 5. The standard InChI is InChI=1S/C23H26N4O2/c1-17-15-25-23(19-6-4-10-24-16-19)27(17)20-8-11-26(12-9-20)22(28)14-18-5-3-7-21(13-18)29-2/h3-7,10,13,15-16,20H,8-9,11-12,14H2,1-2H3. The van der Waals surface area contributed by atoms with E-state index in [2.05, 4.69) is 21.5 Å². The van der Waals surface area contributed by atoms with Crippen LogP contribution in [0.2, 0.25) is 0 Å². The van der Waals surface area contributed by atoms with Crippen LogP contribution < -0.4 is 4.74 Å². The van der Waals surface area contributed by atoms with Crippen molar-refractivity contribution in [2.24, 2.45) is 0 Å². The Morgan fingerprint density at radius 1 is 1.17 bits per heavy atom. The van der Waals surface area contributed by atoms with Crippen molar-refractivity contribution in [2.75, 3.05) is 20.2 Å². The highest BCUT2D eigenvalue weighted by Crippen LogP contribution is 2.30. The van der Waals surface area contributed by atoms with Gasteiger partial charge in [-0.15, -0.1) is 0 Å². The van der Waals surface area contributed by atoms with Crippen LogP contribution in [0.25, 0.3) is 11.4 Å². The lowest BCUT2D eigenvalue weighted by atomic mass is 10.0. The molecule has 0 aliphatic carbocycles. The molecule has 0 unspecified atom stereocenters. The van der Waals surface area contributed by atoms with E-state index in [9.17, 15) is 4.79 Å². The first-order valence-electron chi connectivity index (χ1n) is 10.0. The number of pyridine rings is 1. The number of imidazole rings is 1. The predicted octanol–water partition coefficient (Wildman–Crippen LogP) is 3.67. The molecule has 1 aromatic carbocycles. The molecular weight excluding hydrogens is 364 g/mol. The maximum Gasteiger partial charge on any atom is 0.226 e. The number of aryl methyl sites for hydroxylation is 1. The molecule has 6 nitrogen and oxygen atoms in total. The molecule has 0 N–H and O–H groups in total. The summed E-state index contributed by atoms with van der Waals surface area (Å²) in [7, 11) is 1.64. The number of hydrogen-bond donors (Lipinski definition) is 0. The highest BCUT2D eigenvalue weighted by Gasteiger charge is 2.26. The Bertz CT molecular complexity index is 976. The molecule has 150 valence electrons. The number of likely N-dealkylation sites (tertiary alicyclic amines) is 1. The number of nitrogens with zero attached hydrogens (tertiary/aromatic N) is 4. The van der Waals surface area contributed by atoms with Crippen LogP contribution in [0.15, 0.2) is 55.0 Å². The Morgan fingerprint density at radius 2 is 2.00 bits per heavy atom. The van der Waals surface area contributed by atoms with E-state index in [4.69, 9.17) is 4.74 Å². The fourth-order valence-electron chi connectivity index (χ4n) is 4.06. The topological polar surface area (TPSA) is 60.2 Å². The molecule has 1 fully saturated rings. The van der Waals surface area contributed by atoms with Crippen LogP contribution in [0.1, 0.15) is 30.1 Å². The molecule has 29 heavy (non-hydrogen) atoms. The first-order valence-corrected chi connectivity index (χ1v) is 10.0. The lowest BCUT2D eigenvalue weighted by molar-refractivity contribution is -0.131. The summed E-state index contributed by atoms with van der Waals surface area (Å²) in [5, 5.41) is 0. The molecule has 1 aliphatic heterocycles. The van der Waals surface area contributed by atoms with Crippen molar-refractivity contribution in [3.8, 4) is 17.1 Å². The van der Waals surface area contributed by atoms with Gasteiger partial charge >= 0.3 is 0 Å². The third-order valence-corrected chi connectivity index (χ3v) is 5.57. The van der Waals surface area contributed by atoms with E-state index in [1.54, 1.807) is 13.3 Å². The van der Waals surface area contributed by atoms with Gasteiger partial charge in [0.05, 0.1) is 13.5 Å². The first kappa shape index (κ1) is 19.2. The molecular formula is C23H26N4O2. The fraction of sp³-hybridized carbons (Fsp3) is 0.348. The normalized spacial score (nSPS) is 14.8. The summed E-state index contributed by atoms with van der Waals surface area (Å²) in [6, 6.07) is 12.0. The van der Waals surface area contributed by atoms with Crippen molar-refractivity contribution < 1.29 is 9.53 Å². The zero-order valence-electron chi connectivity index (χ0n) is 16.9. The summed E-state index contributed by atoms with van der Waals surface area (Å²) in [6.07, 6.45) is 7.80. The number of hydrogen-bond acceptors (Lipinski definition) is 4. The minimum Gasteiger partial charge on any atom is -0.497 e. The number of ether oxygens (including phenoxy) is 1. The monoisotopic (exact) mass is 390 g/mol. The number of aromatic nitrogens is 3. The Kier molecular flexibility index (Phi) is 5.60. The quantitative estimate of drug-likeness (QED) is 0.667. The summed E-state index contributed by atoms with van der Waals surface area (Å²) in [5.74, 6) is 1.91. The molecule has 3 heterocycles. The van der Waals surface area contributed by atoms with Gasteiger partial charge < -0.3 is 14.2 Å². The molecule has 0 atom stereocenters. The molecule has 3 aromatic rings. The molecule has 6 heteroatoms. The van der Waals surface area contributed by atoms with Crippen LogP contribution in [0, 0.1) is 6.92 Å². The van der Waals surface area contributed by atoms with Crippen molar-refractivity contribution in [2.45, 2.75) is 32.2 Å². The van der Waals surface area contributed by atoms with E-state index < -0.39 is 0 Å². The fourth-order valence-corrected chi connectivity index (χ4v) is 4.06. The van der Waals surface area contributed by atoms with E-state index in [1.807, 2.05) is 53.7 Å². The molecule has 1 aliphatic rings. The lowest BCUT2D eigenvalue weighted by Gasteiger charge is -2.34. The van der Waals surface area contributed by atoms with Gasteiger partial charge in [-0.2, -0.15) is 0 Å². The van der Waals surface area contributed by atoms with Gasteiger partial charge in [-0.25, -0.2) is 4.98 Å². The number of piperidine rings is 1. The third kappa shape index (κ3) is 4.16. The number of methoxy groups -OCH3 is 1. The second-order valence-electron chi connectivity index (χ2n) is 7.48. The molecule has 4 rings (SSSR count). The van der Waals surface area contributed by atoms with Gasteiger partial charge in [-0.05, 0) is 49.6 Å². The minimum atomic E-state index is 0.173. The maximum atomic E-state index is 12.8. The van der Waals surface area contributed by atoms with Crippen LogP contribution in [0.4, 0.5) is 0 Å². The average Bonchev–Trinajstić information content (AvgIpc) is 3.16. The van der Waals surface area contributed by atoms with Crippen LogP contribution in [-0.2, 0) is 11.2 Å². The number of benzene rings is 1. The van der Waals surface area contributed by atoms with Gasteiger partial charge in [0, 0.05) is 49.0 Å². The van der Waals surface area contributed by atoms with E-state index in [0.29, 0.717) is 12.5 Å². The Morgan fingerprint density at radius 3 is 2.72 bits per heavy atom. The van der Waals surface area contributed by atoms with Crippen LogP contribution in [0.5, 0.6) is 5.75 Å². The van der Waals surface area contributed by atoms with Gasteiger partial charge in [-0.1, -0.05) is 12.1 Å². The van der Waals surface area contributed by atoms with E-state index in [1.165, 1.54) is 0 Å². The molecule has 0 bridgehead atoms. The van der Waals surface area contributed by atoms with E-state index >= 15 is 0 Å². The molecule has 2 aromatic heterocycles. The summed E-state index contributed by atoms with van der Waals surface area (Å²) >= 11 is 0. The van der Waals surface area contributed by atoms with Gasteiger partial charge in [0.2, 0.25) is 5.91 Å². The largest absolute Gasteiger partial charge is 0.497 e. The smallest absolute Gasteiger partial charge is 0.226 e. The summed E-state index contributed by atoms with van der Waals surface area (Å²) in [4.78, 5) is 23.6. The van der Waals surface area contributed by atoms with Gasteiger partial charge in [0.25, 0.3) is 0 Å². The molecule has 0 saturated carbocycles. The lowest BCUT2D eigenvalue weighted by Crippen LogP contribution is -2.40.